The molecule has 2 rings (SSSR count). The van der Waals surface area contributed by atoms with Crippen molar-refractivity contribution in [1.82, 2.24) is 14.7 Å². The summed E-state index contributed by atoms with van der Waals surface area (Å²) in [4.78, 5) is 39.5. The number of hydrogen-bond acceptors (Lipinski definition) is 3. The van der Waals surface area contributed by atoms with Crippen LogP contribution in [0, 0.1) is 5.82 Å². The minimum Gasteiger partial charge on any atom is -0.342 e. The van der Waals surface area contributed by atoms with E-state index in [-0.39, 0.29) is 37.1 Å². The molecular weight excluding hydrogens is 313 g/mol. The van der Waals surface area contributed by atoms with Crippen LogP contribution in [-0.4, -0.2) is 65.6 Å². The van der Waals surface area contributed by atoms with E-state index in [4.69, 9.17) is 0 Å². The molecule has 0 spiro atoms. The van der Waals surface area contributed by atoms with Crippen LogP contribution >= 0.6 is 0 Å². The largest absolute Gasteiger partial charge is 0.342 e. The van der Waals surface area contributed by atoms with Crippen LogP contribution in [0.4, 0.5) is 4.39 Å². The Balaban J connectivity index is 1.87. The molecule has 7 heteroatoms. The lowest BCUT2D eigenvalue weighted by atomic mass is 10.2. The van der Waals surface area contributed by atoms with E-state index in [1.54, 1.807) is 28.0 Å². The van der Waals surface area contributed by atoms with E-state index in [0.29, 0.717) is 31.7 Å². The summed E-state index contributed by atoms with van der Waals surface area (Å²) in [6, 6.07) is 6.30. The molecule has 0 atom stereocenters. The maximum absolute atomic E-state index is 13.7. The molecule has 0 saturated carbocycles. The van der Waals surface area contributed by atoms with Crippen molar-refractivity contribution >= 4 is 18.2 Å². The molecule has 6 nitrogen and oxygen atoms in total. The summed E-state index contributed by atoms with van der Waals surface area (Å²) in [7, 11) is 0. The highest BCUT2D eigenvalue weighted by Crippen LogP contribution is 2.11. The predicted molar refractivity (Wildman–Crippen MR) is 86.3 cm³/mol. The Bertz CT molecular complexity index is 600. The lowest BCUT2D eigenvalue weighted by molar-refractivity contribution is -0.136. The second-order valence-corrected chi connectivity index (χ2v) is 5.80. The normalized spacial score (nSPS) is 14.4. The van der Waals surface area contributed by atoms with E-state index >= 15 is 0 Å². The monoisotopic (exact) mass is 335 g/mol. The number of piperazine rings is 1. The fraction of sp³-hybridized carbons (Fsp3) is 0.471. The summed E-state index contributed by atoms with van der Waals surface area (Å²) < 4.78 is 13.7. The van der Waals surface area contributed by atoms with Gasteiger partial charge in [-0.2, -0.15) is 0 Å². The van der Waals surface area contributed by atoms with Crippen molar-refractivity contribution in [2.75, 3.05) is 32.7 Å². The van der Waals surface area contributed by atoms with Crippen LogP contribution in [0.3, 0.4) is 0 Å². The Labute approximate surface area is 140 Å². The van der Waals surface area contributed by atoms with Gasteiger partial charge in [0, 0.05) is 58.2 Å². The van der Waals surface area contributed by atoms with Crippen LogP contribution < -0.4 is 0 Å². The molecule has 0 bridgehead atoms. The summed E-state index contributed by atoms with van der Waals surface area (Å²) in [6.45, 7) is 3.87. The predicted octanol–water partition coefficient (Wildman–Crippen LogP) is 0.865. The summed E-state index contributed by atoms with van der Waals surface area (Å²) in [5.74, 6) is -0.614. The van der Waals surface area contributed by atoms with Crippen LogP contribution in [-0.2, 0) is 20.9 Å². The number of hydrogen-bond donors (Lipinski definition) is 0. The first-order valence-electron chi connectivity index (χ1n) is 7.97. The molecule has 3 amide bonds. The smallest absolute Gasteiger partial charge is 0.224 e. The number of carbonyl (C=O) groups is 3. The van der Waals surface area contributed by atoms with Crippen molar-refractivity contribution in [3.05, 3.63) is 35.6 Å². The zero-order valence-corrected chi connectivity index (χ0v) is 13.8. The van der Waals surface area contributed by atoms with Gasteiger partial charge >= 0.3 is 0 Å². The van der Waals surface area contributed by atoms with E-state index < -0.39 is 0 Å². The maximum Gasteiger partial charge on any atom is 0.224 e. The highest BCUT2D eigenvalue weighted by molar-refractivity contribution is 5.78. The fourth-order valence-corrected chi connectivity index (χ4v) is 2.65. The van der Waals surface area contributed by atoms with Crippen LogP contribution in [0.15, 0.2) is 24.3 Å². The Morgan fingerprint density at radius 1 is 1.21 bits per heavy atom. The Morgan fingerprint density at radius 3 is 2.46 bits per heavy atom. The first-order valence-corrected chi connectivity index (χ1v) is 7.97. The highest BCUT2D eigenvalue weighted by Gasteiger charge is 2.21. The zero-order valence-electron chi connectivity index (χ0n) is 13.8. The first-order chi connectivity index (χ1) is 11.5. The standard InChI is InChI=1S/C17H22FN3O3/c1-14(23)21(12-15-4-2-3-5-16(15)18)7-6-17(24)20-10-8-19(13-22)9-11-20/h2-5,13H,6-12H2,1H3. The molecular formula is C17H22FN3O3. The van der Waals surface area contributed by atoms with Crippen molar-refractivity contribution in [1.29, 1.82) is 0 Å². The number of rotatable bonds is 6. The Kier molecular flexibility index (Phi) is 6.28. The SMILES string of the molecule is CC(=O)N(CCC(=O)N1CCN(C=O)CC1)Cc1ccccc1F. The Hall–Kier alpha value is -2.44. The second kappa shape index (κ2) is 8.42. The number of halogens is 1. The van der Waals surface area contributed by atoms with Gasteiger partial charge in [0.05, 0.1) is 0 Å². The van der Waals surface area contributed by atoms with Crippen LogP contribution in [0.2, 0.25) is 0 Å². The van der Waals surface area contributed by atoms with E-state index in [1.807, 2.05) is 0 Å². The lowest BCUT2D eigenvalue weighted by Crippen LogP contribution is -2.48. The van der Waals surface area contributed by atoms with Crippen molar-refractivity contribution < 1.29 is 18.8 Å². The molecule has 1 heterocycles. The third kappa shape index (κ3) is 4.78. The maximum atomic E-state index is 13.7. The average molecular weight is 335 g/mol. The van der Waals surface area contributed by atoms with Gasteiger partial charge < -0.3 is 14.7 Å². The van der Waals surface area contributed by atoms with Gasteiger partial charge in [-0.05, 0) is 6.07 Å². The topological polar surface area (TPSA) is 60.9 Å². The molecule has 0 aromatic heterocycles. The van der Waals surface area contributed by atoms with E-state index in [0.717, 1.165) is 6.41 Å². The van der Waals surface area contributed by atoms with Crippen molar-refractivity contribution in [3.8, 4) is 0 Å². The third-order valence-corrected chi connectivity index (χ3v) is 4.18. The van der Waals surface area contributed by atoms with Gasteiger partial charge in [0.25, 0.3) is 0 Å². The molecule has 1 aromatic carbocycles. The Morgan fingerprint density at radius 2 is 1.88 bits per heavy atom. The quantitative estimate of drug-likeness (QED) is 0.725. The molecule has 1 aliphatic heterocycles. The number of carbonyl (C=O) groups excluding carboxylic acids is 3. The molecule has 1 saturated heterocycles. The van der Waals surface area contributed by atoms with Crippen molar-refractivity contribution in [2.45, 2.75) is 19.9 Å². The molecule has 0 N–H and O–H groups in total. The molecule has 0 unspecified atom stereocenters. The summed E-state index contributed by atoms with van der Waals surface area (Å²) in [6.07, 6.45) is 0.975. The van der Waals surface area contributed by atoms with Crippen molar-refractivity contribution in [2.24, 2.45) is 0 Å². The minimum atomic E-state index is -0.361. The number of amides is 3. The van der Waals surface area contributed by atoms with Gasteiger partial charge in [-0.15, -0.1) is 0 Å². The molecule has 1 aromatic rings. The lowest BCUT2D eigenvalue weighted by Gasteiger charge is -2.33. The van der Waals surface area contributed by atoms with E-state index in [1.165, 1.54) is 17.9 Å². The van der Waals surface area contributed by atoms with Crippen LogP contribution in [0.5, 0.6) is 0 Å². The second-order valence-electron chi connectivity index (χ2n) is 5.80. The first kappa shape index (κ1) is 17.9. The van der Waals surface area contributed by atoms with Gasteiger partial charge in [-0.3, -0.25) is 14.4 Å². The van der Waals surface area contributed by atoms with Gasteiger partial charge in [-0.1, -0.05) is 18.2 Å². The summed E-state index contributed by atoms with van der Waals surface area (Å²) >= 11 is 0. The molecule has 1 fully saturated rings. The third-order valence-electron chi connectivity index (χ3n) is 4.18. The fourth-order valence-electron chi connectivity index (χ4n) is 2.65. The van der Waals surface area contributed by atoms with Crippen LogP contribution in [0.25, 0.3) is 0 Å². The molecule has 24 heavy (non-hydrogen) atoms. The van der Waals surface area contributed by atoms with Crippen molar-refractivity contribution in [3.63, 3.8) is 0 Å². The van der Waals surface area contributed by atoms with E-state index in [2.05, 4.69) is 0 Å². The molecule has 1 aliphatic rings. The number of benzene rings is 1. The zero-order chi connectivity index (χ0) is 17.5. The molecule has 0 aliphatic carbocycles. The van der Waals surface area contributed by atoms with Gasteiger partial charge in [0.1, 0.15) is 5.82 Å². The molecule has 130 valence electrons. The highest BCUT2D eigenvalue weighted by atomic mass is 19.1. The number of nitrogens with zero attached hydrogens (tertiary/aromatic N) is 3. The average Bonchev–Trinajstić information content (AvgIpc) is 2.59. The summed E-state index contributed by atoms with van der Waals surface area (Å²) in [5, 5.41) is 0. The van der Waals surface area contributed by atoms with E-state index in [9.17, 15) is 18.8 Å². The minimum absolute atomic E-state index is 0.0552. The van der Waals surface area contributed by atoms with Gasteiger partial charge in [0.15, 0.2) is 0 Å². The molecule has 0 radical (unpaired) electrons. The van der Waals surface area contributed by atoms with Crippen LogP contribution in [0.1, 0.15) is 18.9 Å². The summed E-state index contributed by atoms with van der Waals surface area (Å²) in [5.41, 5.74) is 0.430. The van der Waals surface area contributed by atoms with Gasteiger partial charge in [0.2, 0.25) is 18.2 Å². The van der Waals surface area contributed by atoms with Gasteiger partial charge in [-0.25, -0.2) is 4.39 Å².